The van der Waals surface area contributed by atoms with Crippen LogP contribution in [0.4, 0.5) is 0 Å². The van der Waals surface area contributed by atoms with Crippen LogP contribution in [0.3, 0.4) is 0 Å². The van der Waals surface area contributed by atoms with Crippen molar-refractivity contribution < 1.29 is 0 Å². The van der Waals surface area contributed by atoms with E-state index >= 15 is 0 Å². The third-order valence-electron chi connectivity index (χ3n) is 3.45. The van der Waals surface area contributed by atoms with Crippen LogP contribution in [0.1, 0.15) is 5.69 Å². The number of thioether (sulfide) groups is 1. The molecule has 25 heavy (non-hydrogen) atoms. The molecule has 0 fully saturated rings. The quantitative estimate of drug-likeness (QED) is 0.346. The van der Waals surface area contributed by atoms with Crippen molar-refractivity contribution in [1.82, 2.24) is 19.9 Å². The van der Waals surface area contributed by atoms with E-state index in [1.54, 1.807) is 22.7 Å². The standard InChI is InChI=1S/C16H12BrN5S3/c17-13-4-2-1-3-12(13)14-20-21-16(22(14)18)25-9-11-8-24-15(19-11)10-5-6-23-7-10/h1-8H,9,18H2. The summed E-state index contributed by atoms with van der Waals surface area (Å²) in [5.41, 5.74) is 3.10. The van der Waals surface area contributed by atoms with Crippen LogP contribution in [0, 0.1) is 0 Å². The third-order valence-corrected chi connectivity index (χ3v) is 6.74. The highest BCUT2D eigenvalue weighted by Gasteiger charge is 2.15. The van der Waals surface area contributed by atoms with E-state index in [9.17, 15) is 0 Å². The summed E-state index contributed by atoms with van der Waals surface area (Å²) >= 11 is 8.38. The van der Waals surface area contributed by atoms with Gasteiger partial charge in [-0.2, -0.15) is 11.3 Å². The van der Waals surface area contributed by atoms with E-state index in [4.69, 9.17) is 5.84 Å². The molecule has 5 nitrogen and oxygen atoms in total. The molecule has 0 spiro atoms. The molecule has 0 saturated carbocycles. The molecule has 3 heterocycles. The number of thiazole rings is 1. The van der Waals surface area contributed by atoms with Crippen LogP contribution in [0.25, 0.3) is 22.0 Å². The smallest absolute Gasteiger partial charge is 0.210 e. The Labute approximate surface area is 165 Å². The molecule has 4 rings (SSSR count). The van der Waals surface area contributed by atoms with Crippen LogP contribution in [0.2, 0.25) is 0 Å². The molecule has 0 amide bonds. The second kappa shape index (κ2) is 7.28. The van der Waals surface area contributed by atoms with Gasteiger partial charge < -0.3 is 5.84 Å². The predicted octanol–water partition coefficient (Wildman–Crippen LogP) is 4.90. The number of hydrogen-bond donors (Lipinski definition) is 1. The fraction of sp³-hybridized carbons (Fsp3) is 0.0625. The normalized spacial score (nSPS) is 11.1. The van der Waals surface area contributed by atoms with Crippen molar-refractivity contribution in [2.75, 3.05) is 5.84 Å². The van der Waals surface area contributed by atoms with Gasteiger partial charge in [0.25, 0.3) is 0 Å². The molecular weight excluding hydrogens is 438 g/mol. The maximum atomic E-state index is 6.18. The zero-order chi connectivity index (χ0) is 17.2. The number of halogens is 1. The summed E-state index contributed by atoms with van der Waals surface area (Å²) < 4.78 is 2.46. The molecule has 0 aliphatic carbocycles. The number of rotatable bonds is 5. The van der Waals surface area contributed by atoms with Gasteiger partial charge in [-0.1, -0.05) is 39.8 Å². The van der Waals surface area contributed by atoms with E-state index in [0.29, 0.717) is 16.7 Å². The Hall–Kier alpha value is -1.68. The molecule has 2 N–H and O–H groups in total. The van der Waals surface area contributed by atoms with Crippen LogP contribution < -0.4 is 5.84 Å². The highest BCUT2D eigenvalue weighted by atomic mass is 79.9. The minimum atomic E-state index is 0.632. The van der Waals surface area contributed by atoms with E-state index in [1.807, 2.05) is 24.3 Å². The Balaban J connectivity index is 1.50. The summed E-state index contributed by atoms with van der Waals surface area (Å²) in [6.45, 7) is 0. The van der Waals surface area contributed by atoms with Crippen molar-refractivity contribution in [3.63, 3.8) is 0 Å². The first-order valence-corrected chi connectivity index (χ1v) is 10.9. The molecule has 0 aliphatic heterocycles. The summed E-state index contributed by atoms with van der Waals surface area (Å²) in [6.07, 6.45) is 0. The first kappa shape index (κ1) is 16.8. The van der Waals surface area contributed by atoms with Gasteiger partial charge in [-0.15, -0.1) is 21.5 Å². The molecule has 0 radical (unpaired) electrons. The van der Waals surface area contributed by atoms with E-state index in [1.165, 1.54) is 22.0 Å². The van der Waals surface area contributed by atoms with Crippen molar-refractivity contribution in [1.29, 1.82) is 0 Å². The zero-order valence-electron chi connectivity index (χ0n) is 12.8. The summed E-state index contributed by atoms with van der Waals surface area (Å²) in [5, 5.41) is 16.4. The van der Waals surface area contributed by atoms with Crippen molar-refractivity contribution in [2.45, 2.75) is 10.9 Å². The van der Waals surface area contributed by atoms with E-state index < -0.39 is 0 Å². The number of aromatic nitrogens is 4. The Kier molecular flexibility index (Phi) is 4.89. The minimum Gasteiger partial charge on any atom is -0.335 e. The molecule has 0 bridgehead atoms. The monoisotopic (exact) mass is 449 g/mol. The lowest BCUT2D eigenvalue weighted by atomic mass is 10.2. The molecular formula is C16H12BrN5S3. The average Bonchev–Trinajstić information content (AvgIpc) is 3.35. The van der Waals surface area contributed by atoms with Crippen LogP contribution in [0.15, 0.2) is 56.1 Å². The Morgan fingerprint density at radius 1 is 1.16 bits per heavy atom. The Bertz CT molecular complexity index is 993. The van der Waals surface area contributed by atoms with Gasteiger partial charge in [0.1, 0.15) is 5.01 Å². The first-order valence-electron chi connectivity index (χ1n) is 7.27. The lowest BCUT2D eigenvalue weighted by molar-refractivity contribution is 0.849. The van der Waals surface area contributed by atoms with Gasteiger partial charge in [0.2, 0.25) is 5.16 Å². The van der Waals surface area contributed by atoms with Crippen molar-refractivity contribution in [3.8, 4) is 22.0 Å². The number of hydrogen-bond acceptors (Lipinski definition) is 7. The van der Waals surface area contributed by atoms with Gasteiger partial charge in [0.15, 0.2) is 5.82 Å². The fourth-order valence-corrected chi connectivity index (χ4v) is 5.08. The topological polar surface area (TPSA) is 69.6 Å². The Morgan fingerprint density at radius 3 is 2.84 bits per heavy atom. The predicted molar refractivity (Wildman–Crippen MR) is 108 cm³/mol. The maximum absolute atomic E-state index is 6.18. The van der Waals surface area contributed by atoms with Crippen LogP contribution in [-0.2, 0) is 5.75 Å². The second-order valence-electron chi connectivity index (χ2n) is 5.10. The lowest BCUT2D eigenvalue weighted by Gasteiger charge is -2.04. The molecule has 4 aromatic rings. The molecule has 3 aromatic heterocycles. The Morgan fingerprint density at radius 2 is 2.04 bits per heavy atom. The highest BCUT2D eigenvalue weighted by Crippen LogP contribution is 2.30. The van der Waals surface area contributed by atoms with Gasteiger partial charge in [-0.25, -0.2) is 9.66 Å². The van der Waals surface area contributed by atoms with E-state index in [0.717, 1.165) is 20.7 Å². The van der Waals surface area contributed by atoms with Gasteiger partial charge >= 0.3 is 0 Å². The summed E-state index contributed by atoms with van der Waals surface area (Å²) in [5.74, 6) is 7.52. The van der Waals surface area contributed by atoms with Gasteiger partial charge in [0.05, 0.1) is 5.69 Å². The van der Waals surface area contributed by atoms with Gasteiger partial charge in [-0.05, 0) is 23.6 Å². The van der Waals surface area contributed by atoms with Crippen LogP contribution >= 0.6 is 50.4 Å². The van der Waals surface area contributed by atoms with Crippen molar-refractivity contribution >= 4 is 50.4 Å². The molecule has 0 saturated heterocycles. The molecule has 0 aliphatic rings. The number of nitrogens with two attached hydrogens (primary N) is 1. The number of nitrogens with zero attached hydrogens (tertiary/aromatic N) is 4. The summed E-state index contributed by atoms with van der Waals surface area (Å²) in [4.78, 5) is 4.68. The third kappa shape index (κ3) is 3.50. The van der Waals surface area contributed by atoms with Gasteiger partial charge in [0, 0.05) is 32.1 Å². The number of nitrogen functional groups attached to an aromatic ring is 1. The van der Waals surface area contributed by atoms with Gasteiger partial charge in [-0.3, -0.25) is 0 Å². The number of benzene rings is 1. The fourth-order valence-electron chi connectivity index (χ4n) is 2.23. The molecule has 1 aromatic carbocycles. The zero-order valence-corrected chi connectivity index (χ0v) is 16.8. The number of thiophene rings is 1. The largest absolute Gasteiger partial charge is 0.335 e. The molecule has 0 unspecified atom stereocenters. The van der Waals surface area contributed by atoms with E-state index in [2.05, 4.69) is 53.3 Å². The molecule has 9 heteroatoms. The molecule has 126 valence electrons. The summed E-state index contributed by atoms with van der Waals surface area (Å²) in [6, 6.07) is 9.90. The second-order valence-corrected chi connectivity index (χ2v) is 8.54. The van der Waals surface area contributed by atoms with Crippen LogP contribution in [-0.4, -0.2) is 19.9 Å². The van der Waals surface area contributed by atoms with E-state index in [-0.39, 0.29) is 0 Å². The highest BCUT2D eigenvalue weighted by molar-refractivity contribution is 9.10. The van der Waals surface area contributed by atoms with Crippen molar-refractivity contribution in [3.05, 3.63) is 56.6 Å². The SMILES string of the molecule is Nn1c(SCc2csc(-c3ccsc3)n2)nnc1-c1ccccc1Br. The van der Waals surface area contributed by atoms with Crippen LogP contribution in [0.5, 0.6) is 0 Å². The summed E-state index contributed by atoms with van der Waals surface area (Å²) in [7, 11) is 0. The maximum Gasteiger partial charge on any atom is 0.210 e. The van der Waals surface area contributed by atoms with Crippen molar-refractivity contribution in [2.24, 2.45) is 0 Å². The average molecular weight is 450 g/mol. The molecule has 0 atom stereocenters. The lowest BCUT2D eigenvalue weighted by Crippen LogP contribution is -2.11. The first-order chi connectivity index (χ1) is 12.2. The minimum absolute atomic E-state index is 0.632.